The smallest absolute Gasteiger partial charge is 0.319 e. The van der Waals surface area contributed by atoms with Gasteiger partial charge in [-0.15, -0.1) is 0 Å². The van der Waals surface area contributed by atoms with Gasteiger partial charge in [0.25, 0.3) is 0 Å². The van der Waals surface area contributed by atoms with E-state index in [1.54, 1.807) is 0 Å². The van der Waals surface area contributed by atoms with Gasteiger partial charge in [0.2, 0.25) is 0 Å². The fraction of sp³-hybridized carbons (Fsp3) is 0.533. The lowest BCUT2D eigenvalue weighted by atomic mass is 10.1. The second-order valence-corrected chi connectivity index (χ2v) is 5.06. The molecule has 0 heterocycles. The molecule has 0 aliphatic carbocycles. The largest absolute Gasteiger partial charge is 0.335 e. The van der Waals surface area contributed by atoms with Crippen molar-refractivity contribution in [1.82, 2.24) is 5.32 Å². The summed E-state index contributed by atoms with van der Waals surface area (Å²) in [5.74, 6) is 0. The van der Waals surface area contributed by atoms with Gasteiger partial charge in [0.15, 0.2) is 0 Å². The van der Waals surface area contributed by atoms with Crippen LogP contribution in [-0.2, 0) is 0 Å². The van der Waals surface area contributed by atoms with E-state index in [4.69, 9.17) is 5.73 Å². The van der Waals surface area contributed by atoms with Crippen molar-refractivity contribution >= 4 is 11.7 Å². The highest BCUT2D eigenvalue weighted by Gasteiger charge is 2.07. The minimum absolute atomic E-state index is 0.0340. The molecule has 0 radical (unpaired) electrons. The van der Waals surface area contributed by atoms with Crippen LogP contribution in [0.3, 0.4) is 0 Å². The molecule has 19 heavy (non-hydrogen) atoms. The van der Waals surface area contributed by atoms with Crippen molar-refractivity contribution in [3.8, 4) is 0 Å². The van der Waals surface area contributed by atoms with Gasteiger partial charge < -0.3 is 16.4 Å². The van der Waals surface area contributed by atoms with Crippen LogP contribution in [0.5, 0.6) is 0 Å². The number of unbranched alkanes of at least 4 members (excludes halogenated alkanes) is 1. The summed E-state index contributed by atoms with van der Waals surface area (Å²) < 4.78 is 0. The molecule has 1 rings (SSSR count). The van der Waals surface area contributed by atoms with Crippen molar-refractivity contribution < 1.29 is 4.79 Å². The number of carbonyl (C=O) groups excluding carboxylic acids is 1. The van der Waals surface area contributed by atoms with Crippen LogP contribution in [-0.4, -0.2) is 12.1 Å². The maximum Gasteiger partial charge on any atom is 0.319 e. The van der Waals surface area contributed by atoms with Crippen molar-refractivity contribution in [2.24, 2.45) is 5.73 Å². The van der Waals surface area contributed by atoms with Crippen LogP contribution >= 0.6 is 0 Å². The standard InChI is InChI=1S/C15H25N3O/c1-4-5-7-11(2)17-15(19)18-14-9-6-8-13(10-14)12(3)16/h6,8-12H,4-5,7,16H2,1-3H3,(H2,17,18,19). The highest BCUT2D eigenvalue weighted by atomic mass is 16.2. The summed E-state index contributed by atoms with van der Waals surface area (Å²) in [5.41, 5.74) is 7.60. The Morgan fingerprint density at radius 3 is 2.74 bits per heavy atom. The van der Waals surface area contributed by atoms with Crippen LogP contribution in [0.4, 0.5) is 10.5 Å². The number of nitrogens with one attached hydrogen (secondary N) is 2. The molecule has 4 heteroatoms. The third kappa shape index (κ3) is 5.75. The quantitative estimate of drug-likeness (QED) is 0.736. The van der Waals surface area contributed by atoms with E-state index < -0.39 is 0 Å². The van der Waals surface area contributed by atoms with E-state index >= 15 is 0 Å². The van der Waals surface area contributed by atoms with Gasteiger partial charge in [-0.05, 0) is 38.0 Å². The summed E-state index contributed by atoms with van der Waals surface area (Å²) in [7, 11) is 0. The summed E-state index contributed by atoms with van der Waals surface area (Å²) in [5, 5.41) is 5.77. The number of hydrogen-bond acceptors (Lipinski definition) is 2. The molecule has 2 atom stereocenters. The van der Waals surface area contributed by atoms with E-state index in [0.29, 0.717) is 0 Å². The number of benzene rings is 1. The molecule has 106 valence electrons. The van der Waals surface area contributed by atoms with Gasteiger partial charge in [0.1, 0.15) is 0 Å². The van der Waals surface area contributed by atoms with Gasteiger partial charge in [-0.3, -0.25) is 0 Å². The van der Waals surface area contributed by atoms with Crippen molar-refractivity contribution in [3.05, 3.63) is 29.8 Å². The molecular formula is C15H25N3O. The van der Waals surface area contributed by atoms with Gasteiger partial charge in [-0.2, -0.15) is 0 Å². The van der Waals surface area contributed by atoms with Crippen molar-refractivity contribution in [2.45, 2.75) is 52.1 Å². The first-order valence-electron chi connectivity index (χ1n) is 6.96. The second kappa shape index (κ2) is 7.79. The lowest BCUT2D eigenvalue weighted by molar-refractivity contribution is 0.248. The average molecular weight is 263 g/mol. The molecule has 0 aliphatic heterocycles. The van der Waals surface area contributed by atoms with Crippen LogP contribution in [0.1, 0.15) is 51.6 Å². The zero-order valence-electron chi connectivity index (χ0n) is 12.1. The van der Waals surface area contributed by atoms with Gasteiger partial charge >= 0.3 is 6.03 Å². The second-order valence-electron chi connectivity index (χ2n) is 5.06. The fourth-order valence-corrected chi connectivity index (χ4v) is 1.87. The highest BCUT2D eigenvalue weighted by Crippen LogP contribution is 2.15. The molecule has 0 aromatic heterocycles. The molecule has 0 fully saturated rings. The first kappa shape index (κ1) is 15.5. The molecule has 0 spiro atoms. The Balaban J connectivity index is 2.50. The molecule has 2 unspecified atom stereocenters. The molecule has 0 aliphatic rings. The van der Waals surface area contributed by atoms with E-state index in [9.17, 15) is 4.79 Å². The number of rotatable bonds is 6. The summed E-state index contributed by atoms with van der Waals surface area (Å²) >= 11 is 0. The molecule has 0 bridgehead atoms. The highest BCUT2D eigenvalue weighted by molar-refractivity contribution is 5.89. The van der Waals surface area contributed by atoms with Crippen molar-refractivity contribution in [2.75, 3.05) is 5.32 Å². The van der Waals surface area contributed by atoms with Gasteiger partial charge in [-0.1, -0.05) is 31.9 Å². The zero-order valence-corrected chi connectivity index (χ0v) is 12.1. The molecule has 2 amide bonds. The zero-order chi connectivity index (χ0) is 14.3. The number of anilines is 1. The van der Waals surface area contributed by atoms with E-state index in [1.165, 1.54) is 0 Å². The molecule has 4 N–H and O–H groups in total. The van der Waals surface area contributed by atoms with Crippen molar-refractivity contribution in [1.29, 1.82) is 0 Å². The topological polar surface area (TPSA) is 67.2 Å². The SMILES string of the molecule is CCCCC(C)NC(=O)Nc1cccc(C(C)N)c1. The van der Waals surface area contributed by atoms with E-state index in [-0.39, 0.29) is 18.1 Å². The molecule has 1 aromatic rings. The van der Waals surface area contributed by atoms with Crippen LogP contribution in [0.2, 0.25) is 0 Å². The first-order chi connectivity index (χ1) is 9.02. The summed E-state index contributed by atoms with van der Waals surface area (Å²) in [4.78, 5) is 11.8. The Hall–Kier alpha value is -1.55. The third-order valence-electron chi connectivity index (χ3n) is 3.04. The minimum atomic E-state index is -0.162. The Morgan fingerprint density at radius 1 is 1.37 bits per heavy atom. The maximum atomic E-state index is 11.8. The lowest BCUT2D eigenvalue weighted by Gasteiger charge is -2.15. The summed E-state index contributed by atoms with van der Waals surface area (Å²) in [6.07, 6.45) is 3.27. The van der Waals surface area contributed by atoms with E-state index in [2.05, 4.69) is 17.6 Å². The molecule has 0 saturated heterocycles. The Labute approximate surface area is 115 Å². The predicted molar refractivity (Wildman–Crippen MR) is 80.2 cm³/mol. The number of hydrogen-bond donors (Lipinski definition) is 3. The lowest BCUT2D eigenvalue weighted by Crippen LogP contribution is -2.36. The number of amides is 2. The normalized spacial score (nSPS) is 13.7. The van der Waals surface area contributed by atoms with Crippen molar-refractivity contribution in [3.63, 3.8) is 0 Å². The minimum Gasteiger partial charge on any atom is -0.335 e. The summed E-state index contributed by atoms with van der Waals surface area (Å²) in [6.45, 7) is 6.09. The Kier molecular flexibility index (Phi) is 6.36. The first-order valence-corrected chi connectivity index (χ1v) is 6.96. The fourth-order valence-electron chi connectivity index (χ4n) is 1.87. The molecule has 4 nitrogen and oxygen atoms in total. The van der Waals surface area contributed by atoms with E-state index in [0.717, 1.165) is 30.5 Å². The van der Waals surface area contributed by atoms with Crippen LogP contribution in [0, 0.1) is 0 Å². The predicted octanol–water partition coefficient (Wildman–Crippen LogP) is 3.41. The Morgan fingerprint density at radius 2 is 2.11 bits per heavy atom. The Bertz CT molecular complexity index is 404. The van der Waals surface area contributed by atoms with Crippen LogP contribution < -0.4 is 16.4 Å². The number of urea groups is 1. The summed E-state index contributed by atoms with van der Waals surface area (Å²) in [6, 6.07) is 7.62. The molecule has 0 saturated carbocycles. The monoisotopic (exact) mass is 263 g/mol. The molecule has 1 aromatic carbocycles. The van der Waals surface area contributed by atoms with Gasteiger partial charge in [0, 0.05) is 17.8 Å². The average Bonchev–Trinajstić information content (AvgIpc) is 2.36. The third-order valence-corrected chi connectivity index (χ3v) is 3.04. The van der Waals surface area contributed by atoms with E-state index in [1.807, 2.05) is 38.1 Å². The van der Waals surface area contributed by atoms with Gasteiger partial charge in [0.05, 0.1) is 0 Å². The molecular weight excluding hydrogens is 238 g/mol. The number of nitrogens with two attached hydrogens (primary N) is 1. The van der Waals surface area contributed by atoms with Gasteiger partial charge in [-0.25, -0.2) is 4.79 Å². The number of carbonyl (C=O) groups is 1. The maximum absolute atomic E-state index is 11.8. The van der Waals surface area contributed by atoms with Crippen LogP contribution in [0.15, 0.2) is 24.3 Å². The van der Waals surface area contributed by atoms with Crippen LogP contribution in [0.25, 0.3) is 0 Å².